The number of aromatic amines is 1. The molecule has 2 aromatic rings. The Hall–Kier alpha value is -1.90. The number of allylic oxidation sites excluding steroid dienone is 1. The summed E-state index contributed by atoms with van der Waals surface area (Å²) in [5.41, 5.74) is 3.13. The molecule has 1 N–H and O–H groups in total. The zero-order chi connectivity index (χ0) is 11.9. The number of H-pyrrole nitrogens is 1. The fraction of sp³-hybridized carbons (Fsp3) is 0.286. The number of hydrogen-bond donors (Lipinski definition) is 1. The standard InChI is InChI=1S/C14H17N3/c1-2-3-4-5-7-13-11-16-17-14(13)12-8-6-9-15-10-12/h5-11H,2-4H2,1H3,(H,16,17)/b7-5+. The SMILES string of the molecule is CCCC/C=C/c1c[nH]nc1-c1cccnc1. The van der Waals surface area contributed by atoms with Crippen LogP contribution in [0.5, 0.6) is 0 Å². The lowest BCUT2D eigenvalue weighted by Gasteiger charge is -1.97. The number of pyridine rings is 1. The Morgan fingerprint density at radius 2 is 2.35 bits per heavy atom. The molecule has 0 aliphatic heterocycles. The minimum atomic E-state index is 0.964. The highest BCUT2D eigenvalue weighted by molar-refractivity contribution is 5.70. The molecule has 0 saturated heterocycles. The summed E-state index contributed by atoms with van der Waals surface area (Å²) in [6.07, 6.45) is 13.4. The first-order chi connectivity index (χ1) is 8.42. The molecule has 0 amide bonds. The van der Waals surface area contributed by atoms with Gasteiger partial charge in [-0.1, -0.05) is 31.9 Å². The van der Waals surface area contributed by atoms with Gasteiger partial charge in [-0.25, -0.2) is 0 Å². The lowest BCUT2D eigenvalue weighted by molar-refractivity contribution is 0.816. The van der Waals surface area contributed by atoms with Gasteiger partial charge in [0, 0.05) is 29.7 Å². The van der Waals surface area contributed by atoms with E-state index in [1.165, 1.54) is 12.8 Å². The zero-order valence-electron chi connectivity index (χ0n) is 10.1. The largest absolute Gasteiger partial charge is 0.284 e. The summed E-state index contributed by atoms with van der Waals surface area (Å²) >= 11 is 0. The van der Waals surface area contributed by atoms with Gasteiger partial charge in [-0.2, -0.15) is 5.10 Å². The average Bonchev–Trinajstić information content (AvgIpc) is 2.84. The monoisotopic (exact) mass is 227 g/mol. The first kappa shape index (κ1) is 11.6. The molecule has 88 valence electrons. The Labute approximate surface area is 102 Å². The van der Waals surface area contributed by atoms with Crippen molar-refractivity contribution >= 4 is 6.08 Å². The van der Waals surface area contributed by atoms with Crippen LogP contribution in [0.25, 0.3) is 17.3 Å². The first-order valence-electron chi connectivity index (χ1n) is 6.02. The van der Waals surface area contributed by atoms with Gasteiger partial charge < -0.3 is 0 Å². The lowest BCUT2D eigenvalue weighted by atomic mass is 10.1. The topological polar surface area (TPSA) is 41.6 Å². The molecule has 0 atom stereocenters. The summed E-state index contributed by atoms with van der Waals surface area (Å²) in [7, 11) is 0. The van der Waals surface area contributed by atoms with Crippen LogP contribution in [-0.4, -0.2) is 15.2 Å². The first-order valence-corrected chi connectivity index (χ1v) is 6.02. The van der Waals surface area contributed by atoms with Crippen molar-refractivity contribution in [3.63, 3.8) is 0 Å². The molecule has 0 aliphatic rings. The van der Waals surface area contributed by atoms with E-state index in [0.29, 0.717) is 0 Å². The van der Waals surface area contributed by atoms with Gasteiger partial charge in [-0.15, -0.1) is 0 Å². The Kier molecular flexibility index (Phi) is 4.08. The molecule has 0 fully saturated rings. The highest BCUT2D eigenvalue weighted by atomic mass is 15.1. The van der Waals surface area contributed by atoms with Crippen molar-refractivity contribution < 1.29 is 0 Å². The highest BCUT2D eigenvalue weighted by Crippen LogP contribution is 2.21. The molecule has 0 aliphatic carbocycles. The van der Waals surface area contributed by atoms with Crippen LogP contribution in [0.3, 0.4) is 0 Å². The second-order valence-corrected chi connectivity index (χ2v) is 3.98. The van der Waals surface area contributed by atoms with Gasteiger partial charge in [0.05, 0.1) is 0 Å². The molecule has 0 spiro atoms. The van der Waals surface area contributed by atoms with Crippen molar-refractivity contribution in [1.29, 1.82) is 0 Å². The Morgan fingerprint density at radius 1 is 1.41 bits per heavy atom. The molecule has 3 heteroatoms. The number of nitrogens with zero attached hydrogens (tertiary/aromatic N) is 2. The molecule has 2 rings (SSSR count). The molecular formula is C14H17N3. The van der Waals surface area contributed by atoms with Crippen molar-refractivity contribution in [1.82, 2.24) is 15.2 Å². The van der Waals surface area contributed by atoms with Gasteiger partial charge in [0.2, 0.25) is 0 Å². The number of nitrogens with one attached hydrogen (secondary N) is 1. The average molecular weight is 227 g/mol. The van der Waals surface area contributed by atoms with Crippen molar-refractivity contribution in [3.8, 4) is 11.3 Å². The molecule has 3 nitrogen and oxygen atoms in total. The van der Waals surface area contributed by atoms with E-state index >= 15 is 0 Å². The minimum Gasteiger partial charge on any atom is -0.284 e. The maximum Gasteiger partial charge on any atom is 0.101 e. The summed E-state index contributed by atoms with van der Waals surface area (Å²) in [4.78, 5) is 4.11. The molecular weight excluding hydrogens is 210 g/mol. The number of unbranched alkanes of at least 4 members (excludes halogenated alkanes) is 2. The van der Waals surface area contributed by atoms with Crippen molar-refractivity contribution in [2.75, 3.05) is 0 Å². The summed E-state index contributed by atoms with van der Waals surface area (Å²) < 4.78 is 0. The second-order valence-electron chi connectivity index (χ2n) is 3.98. The van der Waals surface area contributed by atoms with E-state index in [1.807, 2.05) is 24.5 Å². The van der Waals surface area contributed by atoms with Crippen molar-refractivity contribution in [2.45, 2.75) is 26.2 Å². The third-order valence-electron chi connectivity index (χ3n) is 2.63. The predicted octanol–water partition coefficient (Wildman–Crippen LogP) is 3.68. The molecule has 0 aromatic carbocycles. The van der Waals surface area contributed by atoms with Gasteiger partial charge in [0.1, 0.15) is 5.69 Å². The molecule has 2 heterocycles. The van der Waals surface area contributed by atoms with E-state index in [0.717, 1.165) is 23.2 Å². The van der Waals surface area contributed by atoms with E-state index in [4.69, 9.17) is 0 Å². The van der Waals surface area contributed by atoms with Crippen LogP contribution < -0.4 is 0 Å². The quantitative estimate of drug-likeness (QED) is 0.792. The fourth-order valence-electron chi connectivity index (χ4n) is 1.69. The van der Waals surface area contributed by atoms with E-state index in [-0.39, 0.29) is 0 Å². The van der Waals surface area contributed by atoms with Crippen molar-refractivity contribution in [2.24, 2.45) is 0 Å². The number of aromatic nitrogens is 3. The number of rotatable bonds is 5. The third-order valence-corrected chi connectivity index (χ3v) is 2.63. The summed E-state index contributed by atoms with van der Waals surface area (Å²) in [5.74, 6) is 0. The molecule has 0 bridgehead atoms. The van der Waals surface area contributed by atoms with E-state index in [1.54, 1.807) is 6.20 Å². The Balaban J connectivity index is 2.15. The third kappa shape index (κ3) is 3.03. The second kappa shape index (κ2) is 5.99. The van der Waals surface area contributed by atoms with Crippen LogP contribution in [0.1, 0.15) is 31.7 Å². The van der Waals surface area contributed by atoms with Crippen LogP contribution >= 0.6 is 0 Å². The molecule has 0 radical (unpaired) electrons. The maximum absolute atomic E-state index is 4.27. The smallest absolute Gasteiger partial charge is 0.101 e. The maximum atomic E-state index is 4.27. The zero-order valence-corrected chi connectivity index (χ0v) is 10.1. The van der Waals surface area contributed by atoms with Gasteiger partial charge in [0.25, 0.3) is 0 Å². The molecule has 0 saturated carbocycles. The summed E-state index contributed by atoms with van der Waals surface area (Å²) in [6, 6.07) is 3.95. The van der Waals surface area contributed by atoms with Gasteiger partial charge >= 0.3 is 0 Å². The predicted molar refractivity (Wildman–Crippen MR) is 70.4 cm³/mol. The van der Waals surface area contributed by atoms with Gasteiger partial charge in [-0.05, 0) is 18.6 Å². The minimum absolute atomic E-state index is 0.964. The number of hydrogen-bond acceptors (Lipinski definition) is 2. The summed E-state index contributed by atoms with van der Waals surface area (Å²) in [5, 5.41) is 7.18. The highest BCUT2D eigenvalue weighted by Gasteiger charge is 2.04. The Bertz CT molecular complexity index is 471. The van der Waals surface area contributed by atoms with Crippen LogP contribution in [0.2, 0.25) is 0 Å². The van der Waals surface area contributed by atoms with Crippen LogP contribution in [0.4, 0.5) is 0 Å². The summed E-state index contributed by atoms with van der Waals surface area (Å²) in [6.45, 7) is 2.20. The van der Waals surface area contributed by atoms with E-state index < -0.39 is 0 Å². The molecule has 2 aromatic heterocycles. The van der Waals surface area contributed by atoms with Gasteiger partial charge in [-0.3, -0.25) is 10.1 Å². The van der Waals surface area contributed by atoms with Crippen LogP contribution in [0.15, 0.2) is 36.8 Å². The van der Waals surface area contributed by atoms with Crippen LogP contribution in [0, 0.1) is 0 Å². The van der Waals surface area contributed by atoms with Gasteiger partial charge in [0.15, 0.2) is 0 Å². The van der Waals surface area contributed by atoms with Crippen LogP contribution in [-0.2, 0) is 0 Å². The molecule has 17 heavy (non-hydrogen) atoms. The fourth-order valence-corrected chi connectivity index (χ4v) is 1.69. The molecule has 0 unspecified atom stereocenters. The Morgan fingerprint density at radius 3 is 3.12 bits per heavy atom. The normalized spacial score (nSPS) is 11.1. The van der Waals surface area contributed by atoms with E-state index in [9.17, 15) is 0 Å². The van der Waals surface area contributed by atoms with Crippen molar-refractivity contribution in [3.05, 3.63) is 42.4 Å². The lowest BCUT2D eigenvalue weighted by Crippen LogP contribution is -1.82. The van der Waals surface area contributed by atoms with E-state index in [2.05, 4.69) is 34.3 Å².